The van der Waals surface area contributed by atoms with Gasteiger partial charge in [-0.05, 0) is 35.9 Å². The van der Waals surface area contributed by atoms with Gasteiger partial charge in [0.25, 0.3) is 0 Å². The lowest BCUT2D eigenvalue weighted by Crippen LogP contribution is -2.12. The zero-order chi connectivity index (χ0) is 12.8. The van der Waals surface area contributed by atoms with Gasteiger partial charge in [-0.25, -0.2) is 4.39 Å². The summed E-state index contributed by atoms with van der Waals surface area (Å²) in [7, 11) is 0. The molecule has 0 radical (unpaired) electrons. The van der Waals surface area contributed by atoms with Gasteiger partial charge in [0.2, 0.25) is 0 Å². The highest BCUT2D eigenvalue weighted by molar-refractivity contribution is 5.27. The Morgan fingerprint density at radius 2 is 2.11 bits per heavy atom. The first kappa shape index (κ1) is 12.7. The number of nitrogens with one attached hydrogen (secondary N) is 1. The molecular weight excluding hydrogens is 227 g/mol. The van der Waals surface area contributed by atoms with E-state index in [1.165, 1.54) is 0 Å². The molecule has 1 heterocycles. The van der Waals surface area contributed by atoms with Crippen molar-refractivity contribution >= 4 is 0 Å². The molecule has 0 unspecified atom stereocenters. The Hall–Kier alpha value is -1.74. The molecule has 0 aliphatic carbocycles. The van der Waals surface area contributed by atoms with Gasteiger partial charge in [-0.3, -0.25) is 4.98 Å². The first-order valence-corrected chi connectivity index (χ1v) is 6.17. The molecule has 2 aromatic rings. The highest BCUT2D eigenvalue weighted by atomic mass is 19.1. The molecule has 0 spiro atoms. The summed E-state index contributed by atoms with van der Waals surface area (Å²) in [5.41, 5.74) is 2.55. The highest BCUT2D eigenvalue weighted by Gasteiger charge is 2.05. The van der Waals surface area contributed by atoms with Crippen molar-refractivity contribution in [3.8, 4) is 0 Å². The minimum atomic E-state index is -0.156. The Morgan fingerprint density at radius 3 is 2.78 bits per heavy atom. The van der Waals surface area contributed by atoms with E-state index in [-0.39, 0.29) is 5.82 Å². The number of hydrogen-bond donors (Lipinski definition) is 1. The summed E-state index contributed by atoms with van der Waals surface area (Å²) < 4.78 is 13.9. The van der Waals surface area contributed by atoms with Gasteiger partial charge >= 0.3 is 0 Å². The van der Waals surface area contributed by atoms with Crippen molar-refractivity contribution in [1.82, 2.24) is 10.3 Å². The quantitative estimate of drug-likeness (QED) is 0.874. The minimum Gasteiger partial charge on any atom is -0.313 e. The number of hydrogen-bond acceptors (Lipinski definition) is 2. The van der Waals surface area contributed by atoms with E-state index in [0.29, 0.717) is 18.5 Å². The number of nitrogens with zero attached hydrogens (tertiary/aromatic N) is 1. The van der Waals surface area contributed by atoms with Crippen LogP contribution in [0.25, 0.3) is 0 Å². The van der Waals surface area contributed by atoms with Crippen LogP contribution in [0.4, 0.5) is 4.39 Å². The highest BCUT2D eigenvalue weighted by Crippen LogP contribution is 2.14. The van der Waals surface area contributed by atoms with Crippen LogP contribution in [0.15, 0.2) is 42.6 Å². The fraction of sp³-hybridized carbons (Fsp3) is 0.267. The van der Waals surface area contributed by atoms with E-state index in [2.05, 4.69) is 10.3 Å². The standard InChI is InChI=1S/C15H17FN2/c1-2-17-11-12-6-7-13(15(16)9-12)10-14-5-3-4-8-18-14/h3-9,17H,2,10-11H2,1H3. The third-order valence-electron chi connectivity index (χ3n) is 2.79. The zero-order valence-corrected chi connectivity index (χ0v) is 10.5. The fourth-order valence-electron chi connectivity index (χ4n) is 1.81. The molecule has 0 saturated heterocycles. The van der Waals surface area contributed by atoms with E-state index in [9.17, 15) is 4.39 Å². The van der Waals surface area contributed by atoms with E-state index in [1.54, 1.807) is 12.3 Å². The third kappa shape index (κ3) is 3.37. The lowest BCUT2D eigenvalue weighted by molar-refractivity contribution is 0.607. The third-order valence-corrected chi connectivity index (χ3v) is 2.79. The number of rotatable bonds is 5. The van der Waals surface area contributed by atoms with Crippen LogP contribution in [0.3, 0.4) is 0 Å². The van der Waals surface area contributed by atoms with Crippen molar-refractivity contribution in [2.45, 2.75) is 19.9 Å². The van der Waals surface area contributed by atoms with Crippen LogP contribution in [-0.2, 0) is 13.0 Å². The minimum absolute atomic E-state index is 0.156. The molecule has 0 aliphatic heterocycles. The van der Waals surface area contributed by atoms with Gasteiger partial charge in [0, 0.05) is 24.9 Å². The number of halogens is 1. The number of pyridine rings is 1. The average Bonchev–Trinajstić information content (AvgIpc) is 2.40. The summed E-state index contributed by atoms with van der Waals surface area (Å²) in [5, 5.41) is 3.18. The van der Waals surface area contributed by atoms with Crippen molar-refractivity contribution in [3.63, 3.8) is 0 Å². The van der Waals surface area contributed by atoms with Crippen LogP contribution in [-0.4, -0.2) is 11.5 Å². The Morgan fingerprint density at radius 1 is 1.22 bits per heavy atom. The molecule has 2 rings (SSSR count). The largest absolute Gasteiger partial charge is 0.313 e. The molecule has 0 amide bonds. The number of aromatic nitrogens is 1. The van der Waals surface area contributed by atoms with Crippen molar-refractivity contribution < 1.29 is 4.39 Å². The summed E-state index contributed by atoms with van der Waals surface area (Å²) in [4.78, 5) is 4.21. The summed E-state index contributed by atoms with van der Waals surface area (Å²) in [5.74, 6) is -0.156. The fourth-order valence-corrected chi connectivity index (χ4v) is 1.81. The van der Waals surface area contributed by atoms with Gasteiger partial charge in [0.1, 0.15) is 5.82 Å². The van der Waals surface area contributed by atoms with Crippen LogP contribution >= 0.6 is 0 Å². The second kappa shape index (κ2) is 6.26. The Bertz CT molecular complexity index is 497. The van der Waals surface area contributed by atoms with Gasteiger partial charge in [-0.2, -0.15) is 0 Å². The molecule has 94 valence electrons. The predicted molar refractivity (Wildman–Crippen MR) is 70.8 cm³/mol. The normalized spacial score (nSPS) is 10.6. The van der Waals surface area contributed by atoms with Gasteiger partial charge in [-0.15, -0.1) is 0 Å². The van der Waals surface area contributed by atoms with Crippen molar-refractivity contribution in [2.24, 2.45) is 0 Å². The molecule has 2 nitrogen and oxygen atoms in total. The van der Waals surface area contributed by atoms with Gasteiger partial charge in [-0.1, -0.05) is 25.1 Å². The molecule has 0 bridgehead atoms. The maximum atomic E-state index is 13.9. The Labute approximate surface area is 107 Å². The predicted octanol–water partition coefficient (Wildman–Crippen LogP) is 2.92. The molecule has 18 heavy (non-hydrogen) atoms. The molecule has 0 aliphatic rings. The molecule has 1 N–H and O–H groups in total. The number of benzene rings is 1. The van der Waals surface area contributed by atoms with Crippen LogP contribution in [0, 0.1) is 5.82 Å². The zero-order valence-electron chi connectivity index (χ0n) is 10.5. The second-order valence-electron chi connectivity index (χ2n) is 4.20. The van der Waals surface area contributed by atoms with E-state index < -0.39 is 0 Å². The van der Waals surface area contributed by atoms with Crippen molar-refractivity contribution in [3.05, 3.63) is 65.2 Å². The molecule has 0 atom stereocenters. The van der Waals surface area contributed by atoms with E-state index in [4.69, 9.17) is 0 Å². The monoisotopic (exact) mass is 244 g/mol. The molecule has 0 fully saturated rings. The van der Waals surface area contributed by atoms with Crippen molar-refractivity contribution in [1.29, 1.82) is 0 Å². The lowest BCUT2D eigenvalue weighted by atomic mass is 10.1. The van der Waals surface area contributed by atoms with E-state index in [0.717, 1.165) is 17.8 Å². The molecule has 1 aromatic heterocycles. The average molecular weight is 244 g/mol. The summed E-state index contributed by atoms with van der Waals surface area (Å²) in [6.07, 6.45) is 2.26. The first-order chi connectivity index (χ1) is 8.79. The molecule has 3 heteroatoms. The Kier molecular flexibility index (Phi) is 4.42. The Balaban J connectivity index is 2.10. The molecule has 0 saturated carbocycles. The van der Waals surface area contributed by atoms with Crippen molar-refractivity contribution in [2.75, 3.05) is 6.54 Å². The van der Waals surface area contributed by atoms with Crippen LogP contribution in [0.5, 0.6) is 0 Å². The van der Waals surface area contributed by atoms with Crippen LogP contribution in [0.2, 0.25) is 0 Å². The van der Waals surface area contributed by atoms with Crippen LogP contribution in [0.1, 0.15) is 23.7 Å². The molecular formula is C15H17FN2. The van der Waals surface area contributed by atoms with Gasteiger partial charge in [0.05, 0.1) is 0 Å². The smallest absolute Gasteiger partial charge is 0.127 e. The molecule has 1 aromatic carbocycles. The SMILES string of the molecule is CCNCc1ccc(Cc2ccccn2)c(F)c1. The van der Waals surface area contributed by atoms with Gasteiger partial charge in [0.15, 0.2) is 0 Å². The summed E-state index contributed by atoms with van der Waals surface area (Å²) >= 11 is 0. The maximum Gasteiger partial charge on any atom is 0.127 e. The summed E-state index contributed by atoms with van der Waals surface area (Å²) in [6.45, 7) is 3.63. The second-order valence-corrected chi connectivity index (χ2v) is 4.20. The maximum absolute atomic E-state index is 13.9. The summed E-state index contributed by atoms with van der Waals surface area (Å²) in [6, 6.07) is 11.1. The lowest BCUT2D eigenvalue weighted by Gasteiger charge is -2.06. The first-order valence-electron chi connectivity index (χ1n) is 6.17. The topological polar surface area (TPSA) is 24.9 Å². The van der Waals surface area contributed by atoms with E-state index in [1.807, 2.05) is 37.3 Å². The van der Waals surface area contributed by atoms with Crippen LogP contribution < -0.4 is 5.32 Å². The van der Waals surface area contributed by atoms with E-state index >= 15 is 0 Å². The van der Waals surface area contributed by atoms with Gasteiger partial charge < -0.3 is 5.32 Å².